The number of hydrogen-bond acceptors (Lipinski definition) is 4. The maximum Gasteiger partial charge on any atom is 0.257 e. The second-order valence-electron chi connectivity index (χ2n) is 6.28. The van der Waals surface area contributed by atoms with Crippen molar-refractivity contribution in [1.29, 1.82) is 5.26 Å². The first kappa shape index (κ1) is 22.9. The van der Waals surface area contributed by atoms with Crippen molar-refractivity contribution in [2.75, 3.05) is 5.32 Å². The molecule has 0 bridgehead atoms. The Labute approximate surface area is 194 Å². The van der Waals surface area contributed by atoms with E-state index >= 15 is 0 Å². The predicted octanol–water partition coefficient (Wildman–Crippen LogP) is 6.24. The molecule has 0 aliphatic carbocycles. The van der Waals surface area contributed by atoms with Crippen molar-refractivity contribution in [3.05, 3.63) is 97.8 Å². The first-order valence-corrected chi connectivity index (χ1v) is 11.3. The van der Waals surface area contributed by atoms with E-state index in [0.29, 0.717) is 21.3 Å². The normalized spacial score (nSPS) is 11.6. The lowest BCUT2D eigenvalue weighted by molar-refractivity contribution is 0.102. The Kier molecular flexibility index (Phi) is 7.04. The molecule has 0 aromatic heterocycles. The van der Waals surface area contributed by atoms with Gasteiger partial charge in [-0.1, -0.05) is 46.9 Å². The standard InChI is InChI=1S/C22H13Cl3N2O3S/c23-15-4-7-18(8-5-15)31(29,30)19(13-26)11-14-2-1-3-17(10-14)27-22(28)20-9-6-16(24)12-21(20)25/h1-12H,(H,27,28)/b19-11+. The first-order valence-electron chi connectivity index (χ1n) is 8.69. The third kappa shape index (κ3) is 5.46. The summed E-state index contributed by atoms with van der Waals surface area (Å²) in [5, 5.41) is 13.1. The lowest BCUT2D eigenvalue weighted by Crippen LogP contribution is -2.12. The molecule has 0 saturated carbocycles. The van der Waals surface area contributed by atoms with Gasteiger partial charge in [-0.15, -0.1) is 0 Å². The fourth-order valence-corrected chi connectivity index (χ4v) is 4.42. The highest BCUT2D eigenvalue weighted by molar-refractivity contribution is 7.95. The minimum Gasteiger partial charge on any atom is -0.322 e. The summed E-state index contributed by atoms with van der Waals surface area (Å²) in [5.74, 6) is -0.461. The van der Waals surface area contributed by atoms with Crippen LogP contribution in [0.15, 0.2) is 76.5 Å². The lowest BCUT2D eigenvalue weighted by atomic mass is 10.1. The van der Waals surface area contributed by atoms with Crippen LogP contribution < -0.4 is 5.32 Å². The minimum atomic E-state index is -4.03. The van der Waals surface area contributed by atoms with Crippen LogP contribution in [0.3, 0.4) is 0 Å². The molecule has 3 rings (SSSR count). The molecule has 0 atom stereocenters. The summed E-state index contributed by atoms with van der Waals surface area (Å²) in [6, 6.07) is 18.1. The van der Waals surface area contributed by atoms with E-state index in [-0.39, 0.29) is 15.5 Å². The molecule has 0 aliphatic rings. The summed E-state index contributed by atoms with van der Waals surface area (Å²) in [6.07, 6.45) is 1.23. The minimum absolute atomic E-state index is 0.0495. The van der Waals surface area contributed by atoms with Crippen LogP contribution in [0.4, 0.5) is 5.69 Å². The lowest BCUT2D eigenvalue weighted by Gasteiger charge is -2.08. The number of halogens is 3. The maximum absolute atomic E-state index is 12.8. The van der Waals surface area contributed by atoms with Crippen LogP contribution in [0.1, 0.15) is 15.9 Å². The van der Waals surface area contributed by atoms with Crippen molar-refractivity contribution in [2.24, 2.45) is 0 Å². The van der Waals surface area contributed by atoms with Gasteiger partial charge in [-0.3, -0.25) is 4.79 Å². The smallest absolute Gasteiger partial charge is 0.257 e. The fraction of sp³-hybridized carbons (Fsp3) is 0. The third-order valence-electron chi connectivity index (χ3n) is 4.14. The van der Waals surface area contributed by atoms with Gasteiger partial charge in [0, 0.05) is 15.7 Å². The average molecular weight is 492 g/mol. The van der Waals surface area contributed by atoms with Crippen LogP contribution >= 0.6 is 34.8 Å². The predicted molar refractivity (Wildman–Crippen MR) is 123 cm³/mol. The van der Waals surface area contributed by atoms with Crippen molar-refractivity contribution < 1.29 is 13.2 Å². The van der Waals surface area contributed by atoms with Gasteiger partial charge in [-0.25, -0.2) is 8.42 Å². The van der Waals surface area contributed by atoms with E-state index in [2.05, 4.69) is 5.32 Å². The molecular weight excluding hydrogens is 479 g/mol. The van der Waals surface area contributed by atoms with Gasteiger partial charge in [0.2, 0.25) is 9.84 Å². The number of anilines is 1. The van der Waals surface area contributed by atoms with E-state index < -0.39 is 20.6 Å². The van der Waals surface area contributed by atoms with E-state index in [4.69, 9.17) is 34.8 Å². The van der Waals surface area contributed by atoms with Crippen molar-refractivity contribution in [2.45, 2.75) is 4.90 Å². The van der Waals surface area contributed by atoms with Crippen LogP contribution in [0, 0.1) is 11.3 Å². The zero-order valence-corrected chi connectivity index (χ0v) is 18.7. The summed E-state index contributed by atoms with van der Waals surface area (Å²) in [7, 11) is -4.03. The molecule has 0 unspecified atom stereocenters. The van der Waals surface area contributed by atoms with Gasteiger partial charge in [0.05, 0.1) is 15.5 Å². The van der Waals surface area contributed by atoms with Crippen LogP contribution in [0.5, 0.6) is 0 Å². The molecule has 1 N–H and O–H groups in total. The van der Waals surface area contributed by atoms with Crippen molar-refractivity contribution in [1.82, 2.24) is 0 Å². The van der Waals surface area contributed by atoms with Crippen LogP contribution in [0.2, 0.25) is 15.1 Å². The van der Waals surface area contributed by atoms with E-state index in [1.165, 1.54) is 48.5 Å². The molecule has 31 heavy (non-hydrogen) atoms. The highest BCUT2D eigenvalue weighted by Crippen LogP contribution is 2.25. The number of carbonyl (C=O) groups is 1. The third-order valence-corrected chi connectivity index (χ3v) is 6.62. The Balaban J connectivity index is 1.89. The number of hydrogen-bond donors (Lipinski definition) is 1. The summed E-state index contributed by atoms with van der Waals surface area (Å²) in [6.45, 7) is 0. The number of nitrogens with one attached hydrogen (secondary N) is 1. The van der Waals surface area contributed by atoms with E-state index in [9.17, 15) is 18.5 Å². The molecule has 0 fully saturated rings. The van der Waals surface area contributed by atoms with Crippen molar-refractivity contribution >= 4 is 62.3 Å². The molecule has 156 valence electrons. The Hall–Kier alpha value is -2.82. The van der Waals surface area contributed by atoms with Gasteiger partial charge in [0.25, 0.3) is 5.91 Å². The zero-order valence-electron chi connectivity index (χ0n) is 15.6. The molecule has 0 radical (unpaired) electrons. The molecule has 1 amide bonds. The fourth-order valence-electron chi connectivity index (χ4n) is 2.64. The number of nitriles is 1. The van der Waals surface area contributed by atoms with Crippen LogP contribution in [0.25, 0.3) is 6.08 Å². The van der Waals surface area contributed by atoms with Gasteiger partial charge in [-0.05, 0) is 66.2 Å². The van der Waals surface area contributed by atoms with Gasteiger partial charge < -0.3 is 5.32 Å². The van der Waals surface area contributed by atoms with E-state index in [1.54, 1.807) is 30.3 Å². The summed E-state index contributed by atoms with van der Waals surface area (Å²) >= 11 is 17.7. The number of nitrogens with zero attached hydrogens (tertiary/aromatic N) is 1. The molecule has 3 aromatic carbocycles. The monoisotopic (exact) mass is 490 g/mol. The highest BCUT2D eigenvalue weighted by atomic mass is 35.5. The Morgan fingerprint density at radius 2 is 1.61 bits per heavy atom. The highest BCUT2D eigenvalue weighted by Gasteiger charge is 2.21. The largest absolute Gasteiger partial charge is 0.322 e. The topological polar surface area (TPSA) is 87.0 Å². The van der Waals surface area contributed by atoms with Gasteiger partial charge in [0.15, 0.2) is 0 Å². The molecule has 5 nitrogen and oxygen atoms in total. The first-order chi connectivity index (χ1) is 14.7. The zero-order chi connectivity index (χ0) is 22.6. The molecule has 0 spiro atoms. The summed E-state index contributed by atoms with van der Waals surface area (Å²) in [5.41, 5.74) is 1.04. The van der Waals surface area contributed by atoms with Gasteiger partial charge >= 0.3 is 0 Å². The molecule has 0 aliphatic heterocycles. The Bertz CT molecular complexity index is 1330. The van der Waals surface area contributed by atoms with Crippen LogP contribution in [-0.2, 0) is 9.84 Å². The quantitative estimate of drug-likeness (QED) is 0.428. The number of sulfone groups is 1. The number of rotatable bonds is 5. The number of carbonyl (C=O) groups excluding carboxylic acids is 1. The Morgan fingerprint density at radius 3 is 2.26 bits per heavy atom. The van der Waals surface area contributed by atoms with Crippen molar-refractivity contribution in [3.63, 3.8) is 0 Å². The molecular formula is C22H13Cl3N2O3S. The van der Waals surface area contributed by atoms with Crippen LogP contribution in [-0.4, -0.2) is 14.3 Å². The maximum atomic E-state index is 12.8. The number of benzene rings is 3. The summed E-state index contributed by atoms with van der Waals surface area (Å²) in [4.78, 5) is 12.0. The summed E-state index contributed by atoms with van der Waals surface area (Å²) < 4.78 is 25.5. The second kappa shape index (κ2) is 9.54. The average Bonchev–Trinajstić information content (AvgIpc) is 2.72. The Morgan fingerprint density at radius 1 is 0.935 bits per heavy atom. The molecule has 0 heterocycles. The number of allylic oxidation sites excluding steroid dienone is 1. The van der Waals surface area contributed by atoms with E-state index in [0.717, 1.165) is 0 Å². The molecule has 0 saturated heterocycles. The number of amides is 1. The molecule has 9 heteroatoms. The second-order valence-corrected chi connectivity index (χ2v) is 9.48. The van der Waals surface area contributed by atoms with Gasteiger partial charge in [-0.2, -0.15) is 5.26 Å². The SMILES string of the molecule is N#C/C(=C\c1cccc(NC(=O)c2ccc(Cl)cc2Cl)c1)S(=O)(=O)c1ccc(Cl)cc1. The van der Waals surface area contributed by atoms with Crippen molar-refractivity contribution in [3.8, 4) is 6.07 Å². The molecule has 3 aromatic rings. The van der Waals surface area contributed by atoms with E-state index in [1.807, 2.05) is 0 Å². The van der Waals surface area contributed by atoms with Gasteiger partial charge in [0.1, 0.15) is 11.0 Å².